The van der Waals surface area contributed by atoms with Gasteiger partial charge in [0, 0.05) is 54.9 Å². The molecule has 0 spiro atoms. The quantitative estimate of drug-likeness (QED) is 0.452. The molecule has 9 nitrogen and oxygen atoms in total. The standard InChI is InChI=1S/C29H32N6O3/c1-19-2-3-23(29(38)34-13-9-21(10-14-34)20-4-6-24(30)7-5-20)16-25(19)33-28(37)22-8-11-31-26(17-22)35-15-12-32-27(36)18-35/h2-8,11,16-17,21H,9-10,12-15,18,30H2,1H3,(H,32,36)(H,33,37). The molecule has 3 aromatic rings. The number of rotatable bonds is 5. The van der Waals surface area contributed by atoms with Gasteiger partial charge in [-0.1, -0.05) is 18.2 Å². The van der Waals surface area contributed by atoms with Crippen molar-refractivity contribution in [2.75, 3.05) is 48.7 Å². The third-order valence-electron chi connectivity index (χ3n) is 7.29. The largest absolute Gasteiger partial charge is 0.399 e. The molecule has 0 saturated carbocycles. The van der Waals surface area contributed by atoms with E-state index in [1.807, 2.05) is 41.0 Å². The topological polar surface area (TPSA) is 121 Å². The first kappa shape index (κ1) is 25.3. The Morgan fingerprint density at radius 3 is 2.50 bits per heavy atom. The van der Waals surface area contributed by atoms with Gasteiger partial charge in [-0.25, -0.2) is 4.98 Å². The average molecular weight is 513 g/mol. The van der Waals surface area contributed by atoms with Gasteiger partial charge >= 0.3 is 0 Å². The van der Waals surface area contributed by atoms with Gasteiger partial charge in [0.2, 0.25) is 5.91 Å². The molecule has 1 aromatic heterocycles. The third-order valence-corrected chi connectivity index (χ3v) is 7.29. The van der Waals surface area contributed by atoms with E-state index in [1.54, 1.807) is 24.4 Å². The maximum atomic E-state index is 13.3. The minimum atomic E-state index is -0.299. The number of likely N-dealkylation sites (tertiary alicyclic amines) is 1. The molecule has 2 aliphatic heterocycles. The van der Waals surface area contributed by atoms with Crippen molar-refractivity contribution in [1.29, 1.82) is 0 Å². The van der Waals surface area contributed by atoms with E-state index in [1.165, 1.54) is 5.56 Å². The van der Waals surface area contributed by atoms with Crippen LogP contribution in [0.4, 0.5) is 17.2 Å². The van der Waals surface area contributed by atoms with E-state index in [2.05, 4.69) is 27.8 Å². The molecule has 0 aliphatic carbocycles. The van der Waals surface area contributed by atoms with Crippen LogP contribution in [0.25, 0.3) is 0 Å². The summed E-state index contributed by atoms with van der Waals surface area (Å²) < 4.78 is 0. The molecule has 0 unspecified atom stereocenters. The Bertz CT molecular complexity index is 1350. The SMILES string of the molecule is Cc1ccc(C(=O)N2CCC(c3ccc(N)cc3)CC2)cc1NC(=O)c1ccnc(N2CCNC(=O)C2)c1. The van der Waals surface area contributed by atoms with Gasteiger partial charge in [-0.15, -0.1) is 0 Å². The lowest BCUT2D eigenvalue weighted by Crippen LogP contribution is -2.48. The highest BCUT2D eigenvalue weighted by molar-refractivity contribution is 6.06. The number of aryl methyl sites for hydroxylation is 1. The van der Waals surface area contributed by atoms with Crippen molar-refractivity contribution in [3.63, 3.8) is 0 Å². The summed E-state index contributed by atoms with van der Waals surface area (Å²) in [4.78, 5) is 46.2. The Morgan fingerprint density at radius 1 is 1.00 bits per heavy atom. The van der Waals surface area contributed by atoms with Crippen LogP contribution < -0.4 is 21.3 Å². The first-order valence-electron chi connectivity index (χ1n) is 12.9. The second kappa shape index (κ2) is 10.9. The van der Waals surface area contributed by atoms with E-state index in [4.69, 9.17) is 5.73 Å². The van der Waals surface area contributed by atoms with Gasteiger partial charge in [-0.2, -0.15) is 0 Å². The zero-order chi connectivity index (χ0) is 26.6. The Hall–Kier alpha value is -4.40. The number of hydrogen-bond acceptors (Lipinski definition) is 6. The van der Waals surface area contributed by atoms with Gasteiger partial charge in [0.25, 0.3) is 11.8 Å². The monoisotopic (exact) mass is 512 g/mol. The molecule has 3 amide bonds. The van der Waals surface area contributed by atoms with E-state index in [0.717, 1.165) is 24.1 Å². The lowest BCUT2D eigenvalue weighted by atomic mass is 9.89. The number of hydrogen-bond donors (Lipinski definition) is 3. The number of amides is 3. The van der Waals surface area contributed by atoms with Crippen LogP contribution in [-0.2, 0) is 4.79 Å². The van der Waals surface area contributed by atoms with E-state index >= 15 is 0 Å². The van der Waals surface area contributed by atoms with E-state index in [0.29, 0.717) is 54.7 Å². The number of pyridine rings is 1. The highest BCUT2D eigenvalue weighted by Crippen LogP contribution is 2.30. The van der Waals surface area contributed by atoms with Crippen molar-refractivity contribution < 1.29 is 14.4 Å². The lowest BCUT2D eigenvalue weighted by molar-refractivity contribution is -0.120. The number of nitrogen functional groups attached to an aromatic ring is 1. The molecule has 38 heavy (non-hydrogen) atoms. The van der Waals surface area contributed by atoms with Crippen molar-refractivity contribution in [2.45, 2.75) is 25.7 Å². The summed E-state index contributed by atoms with van der Waals surface area (Å²) in [5.74, 6) is 0.588. The molecule has 2 fully saturated rings. The number of aromatic nitrogens is 1. The first-order chi connectivity index (χ1) is 18.4. The zero-order valence-corrected chi connectivity index (χ0v) is 21.4. The summed E-state index contributed by atoms with van der Waals surface area (Å²) in [7, 11) is 0. The molecule has 0 bridgehead atoms. The number of nitrogens with one attached hydrogen (secondary N) is 2. The minimum absolute atomic E-state index is 0.0363. The van der Waals surface area contributed by atoms with Gasteiger partial charge in [-0.05, 0) is 73.2 Å². The number of anilines is 3. The molecular weight excluding hydrogens is 480 g/mol. The zero-order valence-electron chi connectivity index (χ0n) is 21.4. The van der Waals surface area contributed by atoms with E-state index in [9.17, 15) is 14.4 Å². The van der Waals surface area contributed by atoms with Crippen LogP contribution in [-0.4, -0.2) is 60.3 Å². The highest BCUT2D eigenvalue weighted by atomic mass is 16.2. The van der Waals surface area contributed by atoms with Crippen molar-refractivity contribution in [3.05, 3.63) is 83.0 Å². The van der Waals surface area contributed by atoms with Crippen LogP contribution in [0.15, 0.2) is 60.8 Å². The van der Waals surface area contributed by atoms with Gasteiger partial charge < -0.3 is 26.2 Å². The fraction of sp³-hybridized carbons (Fsp3) is 0.310. The highest BCUT2D eigenvalue weighted by Gasteiger charge is 2.25. The van der Waals surface area contributed by atoms with E-state index in [-0.39, 0.29) is 24.3 Å². The van der Waals surface area contributed by atoms with Crippen molar-refractivity contribution in [3.8, 4) is 0 Å². The fourth-order valence-electron chi connectivity index (χ4n) is 5.02. The van der Waals surface area contributed by atoms with Gasteiger partial charge in [0.15, 0.2) is 0 Å². The van der Waals surface area contributed by atoms with Crippen molar-refractivity contribution >= 4 is 34.9 Å². The molecule has 0 atom stereocenters. The van der Waals surface area contributed by atoms with Crippen molar-refractivity contribution in [1.82, 2.24) is 15.2 Å². The smallest absolute Gasteiger partial charge is 0.255 e. The Kier molecular flexibility index (Phi) is 7.26. The van der Waals surface area contributed by atoms with Crippen LogP contribution in [0.3, 0.4) is 0 Å². The van der Waals surface area contributed by atoms with Crippen LogP contribution in [0.1, 0.15) is 50.6 Å². The molecule has 5 rings (SSSR count). The Morgan fingerprint density at radius 2 is 1.76 bits per heavy atom. The molecule has 2 aromatic carbocycles. The summed E-state index contributed by atoms with van der Waals surface area (Å²) in [5.41, 5.74) is 10.3. The maximum Gasteiger partial charge on any atom is 0.255 e. The summed E-state index contributed by atoms with van der Waals surface area (Å²) in [6, 6.07) is 16.7. The first-order valence-corrected chi connectivity index (χ1v) is 12.9. The van der Waals surface area contributed by atoms with Crippen LogP contribution >= 0.6 is 0 Å². The number of carbonyl (C=O) groups excluding carboxylic acids is 3. The predicted octanol–water partition coefficient (Wildman–Crippen LogP) is 3.18. The summed E-state index contributed by atoms with van der Waals surface area (Å²) in [6.45, 7) is 4.63. The minimum Gasteiger partial charge on any atom is -0.399 e. The molecule has 4 N–H and O–H groups in total. The summed E-state index contributed by atoms with van der Waals surface area (Å²) in [6.07, 6.45) is 3.36. The molecular formula is C29H32N6O3. The summed E-state index contributed by atoms with van der Waals surface area (Å²) in [5, 5.41) is 5.74. The maximum absolute atomic E-state index is 13.3. The molecule has 9 heteroatoms. The van der Waals surface area contributed by atoms with Crippen LogP contribution in [0, 0.1) is 6.92 Å². The van der Waals surface area contributed by atoms with Crippen LogP contribution in [0.5, 0.6) is 0 Å². The van der Waals surface area contributed by atoms with Crippen LogP contribution in [0.2, 0.25) is 0 Å². The van der Waals surface area contributed by atoms with Gasteiger partial charge in [0.05, 0.1) is 6.54 Å². The molecule has 2 aliphatic rings. The molecule has 2 saturated heterocycles. The molecule has 3 heterocycles. The lowest BCUT2D eigenvalue weighted by Gasteiger charge is -2.32. The number of piperidine rings is 1. The van der Waals surface area contributed by atoms with Gasteiger partial charge in [-0.3, -0.25) is 14.4 Å². The Balaban J connectivity index is 1.24. The second-order valence-electron chi connectivity index (χ2n) is 9.89. The fourth-order valence-corrected chi connectivity index (χ4v) is 5.02. The Labute approximate surface area is 222 Å². The number of carbonyl (C=O) groups is 3. The predicted molar refractivity (Wildman–Crippen MR) is 147 cm³/mol. The third kappa shape index (κ3) is 5.61. The number of nitrogens with zero attached hydrogens (tertiary/aromatic N) is 3. The number of benzene rings is 2. The summed E-state index contributed by atoms with van der Waals surface area (Å²) >= 11 is 0. The van der Waals surface area contributed by atoms with E-state index < -0.39 is 0 Å². The number of piperazine rings is 1. The number of nitrogens with two attached hydrogens (primary N) is 1. The average Bonchev–Trinajstić information content (AvgIpc) is 2.94. The second-order valence-corrected chi connectivity index (χ2v) is 9.89. The normalized spacial score (nSPS) is 16.2. The molecule has 196 valence electrons. The van der Waals surface area contributed by atoms with Crippen molar-refractivity contribution in [2.24, 2.45) is 0 Å². The van der Waals surface area contributed by atoms with Gasteiger partial charge in [0.1, 0.15) is 5.82 Å². The molecule has 0 radical (unpaired) electrons.